The molecule has 4 rings (SSSR count). The Morgan fingerprint density at radius 3 is 2.32 bits per heavy atom. The normalized spacial score (nSPS) is 23.9. The summed E-state index contributed by atoms with van der Waals surface area (Å²) in [5.41, 5.74) is 3.94. The van der Waals surface area contributed by atoms with E-state index in [1.54, 1.807) is 0 Å². The topological polar surface area (TPSA) is 83.1 Å². The Hall–Kier alpha value is -2.71. The average Bonchev–Trinajstić information content (AvgIpc) is 3.48. The maximum Gasteiger partial charge on any atom is 0.315 e. The van der Waals surface area contributed by atoms with Gasteiger partial charge in [-0.25, -0.2) is 4.79 Å². The predicted molar refractivity (Wildman–Crippen MR) is 149 cm³/mol. The van der Waals surface area contributed by atoms with Gasteiger partial charge in [-0.3, -0.25) is 4.90 Å². The fourth-order valence-electron chi connectivity index (χ4n) is 5.57. The Morgan fingerprint density at radius 2 is 1.68 bits per heavy atom. The van der Waals surface area contributed by atoms with Crippen LogP contribution in [0.5, 0.6) is 0 Å². The second kappa shape index (κ2) is 13.9. The SMILES string of the molecule is C=CCN(CC1OC(c2ccc(CNC(=O)NCC)cc2)OC(c2ccc(CO)cc2)C1C)C1CCCC1. The zero-order chi connectivity index (χ0) is 26.9. The maximum absolute atomic E-state index is 11.8. The van der Waals surface area contributed by atoms with Crippen LogP contribution in [0.1, 0.15) is 74.2 Å². The van der Waals surface area contributed by atoms with Gasteiger partial charge in [-0.1, -0.05) is 74.4 Å². The van der Waals surface area contributed by atoms with Gasteiger partial charge >= 0.3 is 6.03 Å². The lowest BCUT2D eigenvalue weighted by molar-refractivity contribution is -0.276. The monoisotopic (exact) mass is 521 g/mol. The van der Waals surface area contributed by atoms with Crippen molar-refractivity contribution < 1.29 is 19.4 Å². The highest BCUT2D eigenvalue weighted by Gasteiger charge is 2.40. The Morgan fingerprint density at radius 1 is 1.03 bits per heavy atom. The lowest BCUT2D eigenvalue weighted by Crippen LogP contribution is -2.47. The van der Waals surface area contributed by atoms with Crippen LogP contribution in [-0.4, -0.2) is 47.8 Å². The van der Waals surface area contributed by atoms with Gasteiger partial charge < -0.3 is 25.2 Å². The molecule has 2 aromatic rings. The van der Waals surface area contributed by atoms with Gasteiger partial charge in [-0.05, 0) is 36.5 Å². The molecule has 2 aromatic carbocycles. The van der Waals surface area contributed by atoms with Crippen molar-refractivity contribution in [2.24, 2.45) is 5.92 Å². The van der Waals surface area contributed by atoms with Crippen molar-refractivity contribution >= 4 is 6.03 Å². The highest BCUT2D eigenvalue weighted by atomic mass is 16.7. The molecule has 1 heterocycles. The number of benzene rings is 2. The second-order valence-corrected chi connectivity index (χ2v) is 10.5. The van der Waals surface area contributed by atoms with E-state index >= 15 is 0 Å². The van der Waals surface area contributed by atoms with E-state index in [-0.39, 0.29) is 30.8 Å². The van der Waals surface area contributed by atoms with E-state index in [0.717, 1.165) is 35.3 Å². The number of amides is 2. The number of rotatable bonds is 11. The Balaban J connectivity index is 1.54. The summed E-state index contributed by atoms with van der Waals surface area (Å²) in [6.07, 6.45) is 6.37. The molecule has 2 amide bonds. The van der Waals surface area contributed by atoms with Crippen LogP contribution >= 0.6 is 0 Å². The molecule has 2 fully saturated rings. The summed E-state index contributed by atoms with van der Waals surface area (Å²) in [7, 11) is 0. The maximum atomic E-state index is 11.8. The summed E-state index contributed by atoms with van der Waals surface area (Å²) in [4.78, 5) is 14.3. The molecule has 3 N–H and O–H groups in total. The second-order valence-electron chi connectivity index (χ2n) is 10.5. The first kappa shape index (κ1) is 28.3. The van der Waals surface area contributed by atoms with E-state index in [1.807, 2.05) is 49.4 Å². The highest BCUT2D eigenvalue weighted by molar-refractivity contribution is 5.73. The number of urea groups is 1. The van der Waals surface area contributed by atoms with Gasteiger partial charge in [0.15, 0.2) is 6.29 Å². The highest BCUT2D eigenvalue weighted by Crippen LogP contribution is 2.42. The Labute approximate surface area is 227 Å². The molecule has 4 atom stereocenters. The van der Waals surface area contributed by atoms with Crippen molar-refractivity contribution in [2.75, 3.05) is 19.6 Å². The molecule has 2 aliphatic rings. The summed E-state index contributed by atoms with van der Waals surface area (Å²) in [6.45, 7) is 10.9. The number of aliphatic hydroxyl groups excluding tert-OH is 1. The Kier molecular flexibility index (Phi) is 10.4. The molecule has 7 heteroatoms. The van der Waals surface area contributed by atoms with Crippen LogP contribution < -0.4 is 10.6 Å². The molecule has 0 bridgehead atoms. The van der Waals surface area contributed by atoms with Crippen molar-refractivity contribution in [3.05, 3.63) is 83.4 Å². The van der Waals surface area contributed by atoms with Gasteiger partial charge in [0.2, 0.25) is 0 Å². The van der Waals surface area contributed by atoms with Gasteiger partial charge in [0.25, 0.3) is 0 Å². The van der Waals surface area contributed by atoms with Crippen LogP contribution in [0.15, 0.2) is 61.2 Å². The zero-order valence-corrected chi connectivity index (χ0v) is 22.8. The molecule has 4 unspecified atom stereocenters. The Bertz CT molecular complexity index is 1020. The van der Waals surface area contributed by atoms with Crippen LogP contribution in [-0.2, 0) is 22.6 Å². The number of nitrogens with zero attached hydrogens (tertiary/aromatic N) is 1. The molecular weight excluding hydrogens is 478 g/mol. The number of ether oxygens (including phenoxy) is 2. The quantitative estimate of drug-likeness (QED) is 0.353. The first-order valence-corrected chi connectivity index (χ1v) is 14.0. The summed E-state index contributed by atoms with van der Waals surface area (Å²) >= 11 is 0. The van der Waals surface area contributed by atoms with Gasteiger partial charge in [0, 0.05) is 43.7 Å². The molecule has 1 aliphatic carbocycles. The van der Waals surface area contributed by atoms with E-state index in [0.29, 0.717) is 19.1 Å². The van der Waals surface area contributed by atoms with Crippen LogP contribution in [0, 0.1) is 5.92 Å². The number of nitrogens with one attached hydrogen (secondary N) is 2. The van der Waals surface area contributed by atoms with Crippen molar-refractivity contribution in [1.29, 1.82) is 0 Å². The number of hydrogen-bond acceptors (Lipinski definition) is 5. The van der Waals surface area contributed by atoms with Gasteiger partial charge in [0.1, 0.15) is 0 Å². The number of carbonyl (C=O) groups is 1. The zero-order valence-electron chi connectivity index (χ0n) is 22.8. The largest absolute Gasteiger partial charge is 0.392 e. The summed E-state index contributed by atoms with van der Waals surface area (Å²) < 4.78 is 13.3. The number of hydrogen-bond donors (Lipinski definition) is 3. The predicted octanol–water partition coefficient (Wildman–Crippen LogP) is 5.22. The number of carbonyl (C=O) groups excluding carboxylic acids is 1. The molecule has 206 valence electrons. The molecule has 0 spiro atoms. The molecule has 7 nitrogen and oxygen atoms in total. The fourth-order valence-corrected chi connectivity index (χ4v) is 5.57. The van der Waals surface area contributed by atoms with Crippen molar-refractivity contribution in [1.82, 2.24) is 15.5 Å². The summed E-state index contributed by atoms with van der Waals surface area (Å²) in [5.74, 6) is 0.139. The first-order chi connectivity index (χ1) is 18.5. The van der Waals surface area contributed by atoms with E-state index in [9.17, 15) is 9.90 Å². The molecule has 1 saturated heterocycles. The third-order valence-corrected chi connectivity index (χ3v) is 7.78. The van der Waals surface area contributed by atoms with E-state index < -0.39 is 6.29 Å². The molecule has 38 heavy (non-hydrogen) atoms. The molecular formula is C31H43N3O4. The molecule has 1 saturated carbocycles. The standard InChI is InChI=1S/C31H43N3O4/c1-4-18-34(27-8-6-7-9-27)20-28-22(3)29(25-14-12-24(21-35)13-15-25)38-30(37-28)26-16-10-23(11-17-26)19-33-31(36)32-5-2/h4,10-17,22,27-30,35H,1,5-9,18-21H2,2-3H3,(H2,32,33,36). The van der Waals surface area contributed by atoms with Crippen LogP contribution in [0.25, 0.3) is 0 Å². The third-order valence-electron chi connectivity index (χ3n) is 7.78. The van der Waals surface area contributed by atoms with Gasteiger partial charge in [0.05, 0.1) is 18.8 Å². The van der Waals surface area contributed by atoms with E-state index in [4.69, 9.17) is 9.47 Å². The van der Waals surface area contributed by atoms with E-state index in [2.05, 4.69) is 41.2 Å². The molecule has 1 aliphatic heterocycles. The van der Waals surface area contributed by atoms with Crippen LogP contribution in [0.2, 0.25) is 0 Å². The summed E-state index contributed by atoms with van der Waals surface area (Å²) in [6, 6.07) is 16.5. The van der Waals surface area contributed by atoms with Gasteiger partial charge in [-0.15, -0.1) is 6.58 Å². The van der Waals surface area contributed by atoms with Crippen molar-refractivity contribution in [2.45, 2.75) is 77.2 Å². The minimum Gasteiger partial charge on any atom is -0.392 e. The minimum absolute atomic E-state index is 0.0177. The third kappa shape index (κ3) is 7.23. The van der Waals surface area contributed by atoms with E-state index in [1.165, 1.54) is 25.7 Å². The lowest BCUT2D eigenvalue weighted by Gasteiger charge is -2.43. The first-order valence-electron chi connectivity index (χ1n) is 14.0. The van der Waals surface area contributed by atoms with Gasteiger partial charge in [-0.2, -0.15) is 0 Å². The number of aliphatic hydroxyl groups is 1. The average molecular weight is 522 g/mol. The smallest absolute Gasteiger partial charge is 0.315 e. The van der Waals surface area contributed by atoms with Crippen molar-refractivity contribution in [3.8, 4) is 0 Å². The summed E-state index contributed by atoms with van der Waals surface area (Å²) in [5, 5.41) is 15.1. The molecule has 0 radical (unpaired) electrons. The van der Waals surface area contributed by atoms with Crippen molar-refractivity contribution in [3.63, 3.8) is 0 Å². The van der Waals surface area contributed by atoms with Crippen LogP contribution in [0.3, 0.4) is 0 Å². The minimum atomic E-state index is -0.502. The molecule has 0 aromatic heterocycles. The lowest BCUT2D eigenvalue weighted by atomic mass is 9.89. The van der Waals surface area contributed by atoms with Crippen LogP contribution in [0.4, 0.5) is 4.79 Å². The fraction of sp³-hybridized carbons (Fsp3) is 0.516.